The maximum Gasteiger partial charge on any atom is 0.418 e. The van der Waals surface area contributed by atoms with Crippen LogP contribution in [0.25, 0.3) is 17.5 Å². The third-order valence-corrected chi connectivity index (χ3v) is 5.14. The van der Waals surface area contributed by atoms with Crippen LogP contribution in [0.4, 0.5) is 33.5 Å². The van der Waals surface area contributed by atoms with Gasteiger partial charge in [0.1, 0.15) is 29.0 Å². The molecule has 1 amide bonds. The number of anilines is 2. The van der Waals surface area contributed by atoms with E-state index in [0.717, 1.165) is 12.1 Å². The van der Waals surface area contributed by atoms with Crippen LogP contribution in [0.2, 0.25) is 0 Å². The fraction of sp³-hybridized carbons (Fsp3) is 0.217. The van der Waals surface area contributed by atoms with E-state index in [0.29, 0.717) is 17.5 Å². The summed E-state index contributed by atoms with van der Waals surface area (Å²) in [5, 5.41) is 2.69. The van der Waals surface area contributed by atoms with Crippen molar-refractivity contribution < 1.29 is 26.7 Å². The number of halogens is 5. The Labute approximate surface area is 191 Å². The van der Waals surface area contributed by atoms with Crippen LogP contribution in [-0.4, -0.2) is 25.9 Å². The second-order valence-corrected chi connectivity index (χ2v) is 8.37. The Kier molecular flexibility index (Phi) is 5.68. The van der Waals surface area contributed by atoms with Crippen LogP contribution < -0.4 is 11.1 Å². The molecule has 1 aliphatic heterocycles. The number of benzene rings is 2. The SMILES string of the molecule is CC(C)(N)C(=O)N1C=Cn2c(nc(-c3cccc(F)c3)c2Nc2ccc(F)cc2C(F)(F)F)C1. The van der Waals surface area contributed by atoms with Crippen LogP contribution in [0.1, 0.15) is 25.2 Å². The summed E-state index contributed by atoms with van der Waals surface area (Å²) in [6.45, 7) is 3.07. The first-order valence-corrected chi connectivity index (χ1v) is 10.1. The van der Waals surface area contributed by atoms with Crippen molar-refractivity contribution in [3.63, 3.8) is 0 Å². The van der Waals surface area contributed by atoms with E-state index in [1.54, 1.807) is 19.9 Å². The first-order chi connectivity index (χ1) is 15.8. The van der Waals surface area contributed by atoms with Gasteiger partial charge in [0.25, 0.3) is 0 Å². The lowest BCUT2D eigenvalue weighted by molar-refractivity contribution is -0.137. The van der Waals surface area contributed by atoms with Crippen LogP contribution in [0.5, 0.6) is 0 Å². The summed E-state index contributed by atoms with van der Waals surface area (Å²) in [5.74, 6) is -1.61. The van der Waals surface area contributed by atoms with Crippen molar-refractivity contribution >= 4 is 23.6 Å². The molecule has 3 N–H and O–H groups in total. The van der Waals surface area contributed by atoms with Gasteiger partial charge in [0.15, 0.2) is 0 Å². The standard InChI is InChI=1S/C23H20F5N5O/c1-22(2,29)21(34)32-8-9-33-18(12-32)31-19(13-4-3-5-14(24)10-13)20(33)30-17-7-6-15(25)11-16(17)23(26,27)28/h3-11,30H,12,29H2,1-2H3. The number of alkyl halides is 3. The van der Waals surface area contributed by atoms with Crippen molar-refractivity contribution in [3.8, 4) is 11.3 Å². The van der Waals surface area contributed by atoms with Gasteiger partial charge in [-0.25, -0.2) is 13.8 Å². The Hall–Kier alpha value is -3.73. The summed E-state index contributed by atoms with van der Waals surface area (Å²) in [7, 11) is 0. The Bertz CT molecular complexity index is 1290. The molecule has 34 heavy (non-hydrogen) atoms. The highest BCUT2D eigenvalue weighted by Gasteiger charge is 2.35. The summed E-state index contributed by atoms with van der Waals surface area (Å²) in [5.41, 5.74) is 3.56. The smallest absolute Gasteiger partial charge is 0.339 e. The number of hydrogen-bond acceptors (Lipinski definition) is 4. The first-order valence-electron chi connectivity index (χ1n) is 10.1. The van der Waals surface area contributed by atoms with E-state index in [9.17, 15) is 26.7 Å². The summed E-state index contributed by atoms with van der Waals surface area (Å²) < 4.78 is 69.7. The predicted octanol–water partition coefficient (Wildman–Crippen LogP) is 5.10. The number of hydrogen-bond donors (Lipinski definition) is 2. The maximum atomic E-state index is 13.9. The van der Waals surface area contributed by atoms with Gasteiger partial charge in [-0.15, -0.1) is 0 Å². The summed E-state index contributed by atoms with van der Waals surface area (Å²) in [6.07, 6.45) is -1.96. The Balaban J connectivity index is 1.84. The van der Waals surface area contributed by atoms with Crippen molar-refractivity contribution in [1.29, 1.82) is 0 Å². The first kappa shape index (κ1) is 23.4. The van der Waals surface area contributed by atoms with Gasteiger partial charge >= 0.3 is 6.18 Å². The minimum Gasteiger partial charge on any atom is -0.339 e. The molecule has 4 rings (SSSR count). The van der Waals surface area contributed by atoms with Gasteiger partial charge < -0.3 is 16.0 Å². The molecule has 1 aromatic heterocycles. The van der Waals surface area contributed by atoms with Crippen molar-refractivity contribution in [1.82, 2.24) is 14.5 Å². The number of fused-ring (bicyclic) bond motifs is 1. The average molecular weight is 477 g/mol. The number of carbonyl (C=O) groups excluding carboxylic acids is 1. The van der Waals surface area contributed by atoms with E-state index in [-0.39, 0.29) is 18.1 Å². The summed E-state index contributed by atoms with van der Waals surface area (Å²) in [6, 6.07) is 7.64. The largest absolute Gasteiger partial charge is 0.418 e. The number of nitrogens with two attached hydrogens (primary N) is 1. The van der Waals surface area contributed by atoms with E-state index in [4.69, 9.17) is 5.73 Å². The molecule has 11 heteroatoms. The second-order valence-electron chi connectivity index (χ2n) is 8.37. The molecule has 0 saturated heterocycles. The third kappa shape index (κ3) is 4.51. The molecule has 2 heterocycles. The Morgan fingerprint density at radius 2 is 1.76 bits per heavy atom. The second kappa shape index (κ2) is 8.24. The predicted molar refractivity (Wildman–Crippen MR) is 116 cm³/mol. The molecule has 0 spiro atoms. The molecule has 0 saturated carbocycles. The van der Waals surface area contributed by atoms with Crippen molar-refractivity contribution in [3.05, 3.63) is 71.7 Å². The van der Waals surface area contributed by atoms with Crippen LogP contribution in [0.15, 0.2) is 48.7 Å². The lowest BCUT2D eigenvalue weighted by Crippen LogP contribution is -2.49. The molecule has 0 radical (unpaired) electrons. The molecule has 3 aromatic rings. The number of amides is 1. The highest BCUT2D eigenvalue weighted by atomic mass is 19.4. The summed E-state index contributed by atoms with van der Waals surface area (Å²) in [4.78, 5) is 18.4. The van der Waals surface area contributed by atoms with Crippen LogP contribution in [-0.2, 0) is 17.5 Å². The number of nitrogens with zero attached hydrogens (tertiary/aromatic N) is 3. The normalized spacial score (nSPS) is 13.7. The molecular formula is C23H20F5N5O. The van der Waals surface area contributed by atoms with Crippen molar-refractivity contribution in [2.24, 2.45) is 5.73 Å². The van der Waals surface area contributed by atoms with Crippen LogP contribution >= 0.6 is 0 Å². The average Bonchev–Trinajstić information content (AvgIpc) is 3.10. The highest BCUT2D eigenvalue weighted by molar-refractivity contribution is 5.87. The fourth-order valence-electron chi connectivity index (χ4n) is 3.56. The lowest BCUT2D eigenvalue weighted by Gasteiger charge is -2.28. The van der Waals surface area contributed by atoms with E-state index in [1.165, 1.54) is 40.1 Å². The topological polar surface area (TPSA) is 76.2 Å². The zero-order chi connectivity index (χ0) is 24.8. The van der Waals surface area contributed by atoms with Gasteiger partial charge in [-0.2, -0.15) is 13.2 Å². The third-order valence-electron chi connectivity index (χ3n) is 5.14. The maximum absolute atomic E-state index is 13.9. The molecule has 6 nitrogen and oxygen atoms in total. The molecule has 0 atom stereocenters. The number of carbonyl (C=O) groups is 1. The van der Waals surface area contributed by atoms with Crippen molar-refractivity contribution in [2.75, 3.05) is 5.32 Å². The van der Waals surface area contributed by atoms with Gasteiger partial charge in [0, 0.05) is 18.0 Å². The van der Waals surface area contributed by atoms with Gasteiger partial charge in [0.2, 0.25) is 5.91 Å². The molecule has 1 aliphatic rings. The highest BCUT2D eigenvalue weighted by Crippen LogP contribution is 2.39. The van der Waals surface area contributed by atoms with Gasteiger partial charge in [-0.1, -0.05) is 12.1 Å². The van der Waals surface area contributed by atoms with E-state index >= 15 is 0 Å². The van der Waals surface area contributed by atoms with E-state index in [2.05, 4.69) is 10.3 Å². The molecule has 2 aromatic carbocycles. The van der Waals surface area contributed by atoms with E-state index < -0.39 is 40.5 Å². The van der Waals surface area contributed by atoms with Gasteiger partial charge in [-0.3, -0.25) is 9.36 Å². The molecule has 178 valence electrons. The van der Waals surface area contributed by atoms with E-state index in [1.807, 2.05) is 0 Å². The molecule has 0 bridgehead atoms. The molecule has 0 unspecified atom stereocenters. The Morgan fingerprint density at radius 1 is 1.06 bits per heavy atom. The van der Waals surface area contributed by atoms with Crippen LogP contribution in [0, 0.1) is 11.6 Å². The Morgan fingerprint density at radius 3 is 2.41 bits per heavy atom. The quantitative estimate of drug-likeness (QED) is 0.513. The minimum atomic E-state index is -4.83. The number of nitrogens with one attached hydrogen (secondary N) is 1. The lowest BCUT2D eigenvalue weighted by atomic mass is 10.1. The van der Waals surface area contributed by atoms with Gasteiger partial charge in [-0.05, 0) is 44.2 Å². The van der Waals surface area contributed by atoms with Crippen LogP contribution in [0.3, 0.4) is 0 Å². The fourth-order valence-corrected chi connectivity index (χ4v) is 3.56. The van der Waals surface area contributed by atoms with Gasteiger partial charge in [0.05, 0.1) is 23.3 Å². The number of rotatable bonds is 4. The zero-order valence-corrected chi connectivity index (χ0v) is 18.1. The molecule has 0 fully saturated rings. The minimum absolute atomic E-state index is 0.0183. The molecule has 0 aliphatic carbocycles. The summed E-state index contributed by atoms with van der Waals surface area (Å²) >= 11 is 0. The number of aromatic nitrogens is 2. The molecular weight excluding hydrogens is 457 g/mol. The zero-order valence-electron chi connectivity index (χ0n) is 18.1. The number of imidazole rings is 1. The van der Waals surface area contributed by atoms with Crippen molar-refractivity contribution in [2.45, 2.75) is 32.1 Å². The monoisotopic (exact) mass is 477 g/mol.